The quantitative estimate of drug-likeness (QED) is 0.361. The minimum atomic E-state index is -0.837. The van der Waals surface area contributed by atoms with E-state index in [2.05, 4.69) is 6.58 Å². The van der Waals surface area contributed by atoms with Crippen LogP contribution in [0.1, 0.15) is 40.0 Å². The molecule has 2 unspecified atom stereocenters. The summed E-state index contributed by atoms with van der Waals surface area (Å²) in [4.78, 5) is 44.9. The third-order valence-electron chi connectivity index (χ3n) is 7.60. The number of nitrogens with zero attached hydrogens (tertiary/aromatic N) is 2. The fourth-order valence-electron chi connectivity index (χ4n) is 6.34. The van der Waals surface area contributed by atoms with Crippen LogP contribution in [-0.2, 0) is 19.1 Å². The predicted molar refractivity (Wildman–Crippen MR) is 142 cm³/mol. The Balaban J connectivity index is 1.83. The zero-order chi connectivity index (χ0) is 26.2. The molecule has 196 valence electrons. The van der Waals surface area contributed by atoms with E-state index in [1.165, 1.54) is 0 Å². The summed E-state index contributed by atoms with van der Waals surface area (Å²) < 4.78 is 4.62. The third-order valence-corrected chi connectivity index (χ3v) is 9.87. The van der Waals surface area contributed by atoms with Crippen LogP contribution in [0.3, 0.4) is 0 Å². The van der Waals surface area contributed by atoms with Gasteiger partial charge in [0.1, 0.15) is 6.04 Å². The summed E-state index contributed by atoms with van der Waals surface area (Å²) in [6.45, 7) is 9.82. The van der Waals surface area contributed by atoms with Crippen molar-refractivity contribution in [2.24, 2.45) is 17.8 Å². The first kappa shape index (κ1) is 27.0. The van der Waals surface area contributed by atoms with Gasteiger partial charge in [-0.1, -0.05) is 43.7 Å². The second kappa shape index (κ2) is 10.8. The molecule has 0 radical (unpaired) electrons. The highest BCUT2D eigenvalue weighted by molar-refractivity contribution is 8.02. The van der Waals surface area contributed by atoms with E-state index in [0.717, 1.165) is 6.42 Å². The van der Waals surface area contributed by atoms with Gasteiger partial charge in [-0.05, 0) is 44.2 Å². The number of hydrogen-bond acceptors (Lipinski definition) is 6. The number of aliphatic hydroxyl groups is 1. The maximum absolute atomic E-state index is 14.5. The molecule has 2 amide bonds. The largest absolute Gasteiger partial charge is 0.466 e. The highest BCUT2D eigenvalue weighted by Crippen LogP contribution is 2.67. The molecule has 3 fully saturated rings. The van der Waals surface area contributed by atoms with Crippen LogP contribution in [-0.4, -0.2) is 69.6 Å². The molecule has 0 saturated carbocycles. The molecule has 1 aromatic rings. The number of para-hydroxylation sites is 1. The van der Waals surface area contributed by atoms with Gasteiger partial charge in [0, 0.05) is 11.8 Å². The molecule has 1 aromatic carbocycles. The van der Waals surface area contributed by atoms with Crippen molar-refractivity contribution in [3.8, 4) is 0 Å². The van der Waals surface area contributed by atoms with Gasteiger partial charge < -0.3 is 19.6 Å². The van der Waals surface area contributed by atoms with E-state index in [4.69, 9.17) is 16.3 Å². The molecule has 1 spiro atoms. The van der Waals surface area contributed by atoms with Gasteiger partial charge in [0.2, 0.25) is 5.91 Å². The summed E-state index contributed by atoms with van der Waals surface area (Å²) in [5.74, 6) is -1.93. The van der Waals surface area contributed by atoms with Gasteiger partial charge in [0.15, 0.2) is 0 Å². The molecule has 0 aliphatic carbocycles. The number of fused-ring (bicyclic) bond motifs is 1. The number of carbonyl (C=O) groups is 3. The summed E-state index contributed by atoms with van der Waals surface area (Å²) in [7, 11) is 0. The lowest BCUT2D eigenvalue weighted by atomic mass is 9.71. The minimum absolute atomic E-state index is 0.0682. The molecule has 0 aromatic heterocycles. The van der Waals surface area contributed by atoms with Crippen LogP contribution >= 0.6 is 23.4 Å². The van der Waals surface area contributed by atoms with Gasteiger partial charge in [-0.25, -0.2) is 0 Å². The first-order valence-corrected chi connectivity index (χ1v) is 13.9. The van der Waals surface area contributed by atoms with Crippen molar-refractivity contribution in [3.05, 3.63) is 41.9 Å². The fraction of sp³-hybridized carbons (Fsp3) is 0.593. The van der Waals surface area contributed by atoms with E-state index >= 15 is 0 Å². The number of thioether (sulfide) groups is 1. The third kappa shape index (κ3) is 4.35. The second-order valence-corrected chi connectivity index (χ2v) is 12.2. The highest BCUT2D eigenvalue weighted by atomic mass is 35.5. The van der Waals surface area contributed by atoms with Crippen LogP contribution in [0, 0.1) is 17.8 Å². The SMILES string of the molecule is C=CCN(C(=O)C1N([C@@H](CO)CC(C)C)C(=O)[C@@H]2[C@@H](C(=O)OCC)[C@H]3CCC12S3)c1ccccc1Cl. The van der Waals surface area contributed by atoms with E-state index in [1.54, 1.807) is 52.8 Å². The molecule has 3 aliphatic rings. The number of anilines is 1. The first-order chi connectivity index (χ1) is 17.2. The number of esters is 1. The smallest absolute Gasteiger partial charge is 0.310 e. The first-order valence-electron chi connectivity index (χ1n) is 12.7. The summed E-state index contributed by atoms with van der Waals surface area (Å²) in [5.41, 5.74) is 0.542. The van der Waals surface area contributed by atoms with Crippen LogP contribution in [0.4, 0.5) is 5.69 Å². The van der Waals surface area contributed by atoms with Crippen molar-refractivity contribution in [2.45, 2.75) is 62.1 Å². The summed E-state index contributed by atoms with van der Waals surface area (Å²) in [6, 6.07) is 5.73. The van der Waals surface area contributed by atoms with Gasteiger partial charge in [0.25, 0.3) is 5.91 Å². The Morgan fingerprint density at radius 3 is 2.72 bits per heavy atom. The molecule has 9 heteroatoms. The topological polar surface area (TPSA) is 87.2 Å². The second-order valence-electron chi connectivity index (χ2n) is 10.2. The zero-order valence-corrected chi connectivity index (χ0v) is 22.6. The average molecular weight is 535 g/mol. The van der Waals surface area contributed by atoms with Crippen molar-refractivity contribution in [1.29, 1.82) is 0 Å². The Hall–Kier alpha value is -2.03. The highest BCUT2D eigenvalue weighted by Gasteiger charge is 2.74. The molecule has 4 rings (SSSR count). The van der Waals surface area contributed by atoms with Gasteiger partial charge >= 0.3 is 5.97 Å². The molecule has 6 atom stereocenters. The number of rotatable bonds is 10. The molecule has 36 heavy (non-hydrogen) atoms. The van der Waals surface area contributed by atoms with Crippen molar-refractivity contribution in [1.82, 2.24) is 4.90 Å². The van der Waals surface area contributed by atoms with Gasteiger partial charge in [-0.3, -0.25) is 14.4 Å². The normalized spacial score (nSPS) is 29.4. The zero-order valence-electron chi connectivity index (χ0n) is 21.1. The Morgan fingerprint density at radius 1 is 1.39 bits per heavy atom. The van der Waals surface area contributed by atoms with Crippen molar-refractivity contribution >= 4 is 46.8 Å². The number of likely N-dealkylation sites (tertiary alicyclic amines) is 1. The van der Waals surface area contributed by atoms with E-state index in [-0.39, 0.29) is 48.7 Å². The summed E-state index contributed by atoms with van der Waals surface area (Å²) in [6.07, 6.45) is 3.55. The van der Waals surface area contributed by atoms with Gasteiger partial charge in [-0.2, -0.15) is 0 Å². The van der Waals surface area contributed by atoms with E-state index in [9.17, 15) is 19.5 Å². The van der Waals surface area contributed by atoms with Crippen LogP contribution in [0.2, 0.25) is 5.02 Å². The Morgan fingerprint density at radius 2 is 2.11 bits per heavy atom. The molecule has 3 aliphatic heterocycles. The number of carbonyl (C=O) groups excluding carboxylic acids is 3. The Bertz CT molecular complexity index is 1040. The van der Waals surface area contributed by atoms with Gasteiger partial charge in [0.05, 0.1) is 46.5 Å². The standard InChI is InChI=1S/C27H35ClN2O5S/c1-5-13-29(19-10-8-7-9-18(19)28)25(33)23-27-12-11-20(36-27)21(26(34)35-6-2)22(27)24(32)30(23)17(15-31)14-16(3)4/h5,7-10,16-17,20-23,31H,1,6,11-15H2,2-4H3/t17-,20-,21+,22+,23?,27?/m1/s1. The van der Waals surface area contributed by atoms with Crippen LogP contribution in [0.15, 0.2) is 36.9 Å². The molecule has 2 bridgehead atoms. The number of halogens is 1. The molecular weight excluding hydrogens is 500 g/mol. The number of amides is 2. The predicted octanol–water partition coefficient (Wildman–Crippen LogP) is 3.92. The molecular formula is C27H35ClN2O5S. The molecule has 3 heterocycles. The monoisotopic (exact) mass is 534 g/mol. The maximum atomic E-state index is 14.5. The number of hydrogen-bond donors (Lipinski definition) is 1. The Kier molecular flexibility index (Phi) is 8.07. The van der Waals surface area contributed by atoms with Gasteiger partial charge in [-0.15, -0.1) is 18.3 Å². The lowest BCUT2D eigenvalue weighted by Gasteiger charge is -2.40. The van der Waals surface area contributed by atoms with E-state index in [0.29, 0.717) is 23.6 Å². The maximum Gasteiger partial charge on any atom is 0.310 e. The lowest BCUT2D eigenvalue weighted by molar-refractivity contribution is -0.154. The lowest BCUT2D eigenvalue weighted by Crippen LogP contribution is -2.58. The average Bonchev–Trinajstić information content (AvgIpc) is 3.48. The number of ether oxygens (including phenoxy) is 1. The summed E-state index contributed by atoms with van der Waals surface area (Å²) >= 11 is 8.09. The summed E-state index contributed by atoms with van der Waals surface area (Å²) in [5, 5.41) is 10.7. The van der Waals surface area contributed by atoms with E-state index < -0.39 is 28.7 Å². The fourth-order valence-corrected chi connectivity index (χ4v) is 8.77. The molecule has 7 nitrogen and oxygen atoms in total. The number of benzene rings is 1. The minimum Gasteiger partial charge on any atom is -0.466 e. The van der Waals surface area contributed by atoms with Crippen molar-refractivity contribution in [2.75, 3.05) is 24.7 Å². The van der Waals surface area contributed by atoms with E-state index in [1.807, 2.05) is 19.9 Å². The van der Waals surface area contributed by atoms with Crippen LogP contribution in [0.25, 0.3) is 0 Å². The van der Waals surface area contributed by atoms with Crippen molar-refractivity contribution < 1.29 is 24.2 Å². The van der Waals surface area contributed by atoms with Crippen LogP contribution in [0.5, 0.6) is 0 Å². The molecule has 3 saturated heterocycles. The van der Waals surface area contributed by atoms with Crippen LogP contribution < -0.4 is 4.90 Å². The number of aliphatic hydroxyl groups excluding tert-OH is 1. The Labute approximate surface area is 222 Å². The molecule has 1 N–H and O–H groups in total. The van der Waals surface area contributed by atoms with Crippen molar-refractivity contribution in [3.63, 3.8) is 0 Å².